The summed E-state index contributed by atoms with van der Waals surface area (Å²) in [5, 5.41) is 0. The Labute approximate surface area is 139 Å². The van der Waals surface area contributed by atoms with Crippen LogP contribution in [0.2, 0.25) is 0 Å². The summed E-state index contributed by atoms with van der Waals surface area (Å²) in [5.41, 5.74) is 1.81. The molecular weight excluding hydrogens is 312 g/mol. The zero-order valence-electron chi connectivity index (χ0n) is 13.3. The number of amides is 1. The Kier molecular flexibility index (Phi) is 5.20. The highest BCUT2D eigenvalue weighted by Gasteiger charge is 2.25. The van der Waals surface area contributed by atoms with Gasteiger partial charge in [-0.2, -0.15) is 0 Å². The fourth-order valence-electron chi connectivity index (χ4n) is 2.82. The predicted octanol–water partition coefficient (Wildman–Crippen LogP) is 3.50. The molecule has 2 aromatic rings. The van der Waals surface area contributed by atoms with Gasteiger partial charge in [0.05, 0.1) is 13.2 Å². The van der Waals surface area contributed by atoms with Crippen molar-refractivity contribution in [3.05, 3.63) is 71.3 Å². The number of carbonyl (C=O) groups excluding carboxylic acids is 1. The van der Waals surface area contributed by atoms with E-state index < -0.39 is 0 Å². The summed E-state index contributed by atoms with van der Waals surface area (Å²) in [5.74, 6) is -0.517. The molecule has 1 aliphatic heterocycles. The van der Waals surface area contributed by atoms with Crippen molar-refractivity contribution in [1.29, 1.82) is 0 Å². The van der Waals surface area contributed by atoms with Gasteiger partial charge in [0.2, 0.25) is 5.91 Å². The third kappa shape index (κ3) is 4.17. The second kappa shape index (κ2) is 7.53. The molecule has 0 aliphatic carbocycles. The van der Waals surface area contributed by atoms with Crippen LogP contribution < -0.4 is 0 Å². The van der Waals surface area contributed by atoms with E-state index in [1.54, 1.807) is 29.2 Å². The van der Waals surface area contributed by atoms with Crippen LogP contribution in [0.5, 0.6) is 0 Å². The number of morpholine rings is 1. The second-order valence-electron chi connectivity index (χ2n) is 5.88. The molecule has 1 aliphatic rings. The van der Waals surface area contributed by atoms with Gasteiger partial charge in [0.15, 0.2) is 0 Å². The van der Waals surface area contributed by atoms with Crippen molar-refractivity contribution in [2.75, 3.05) is 19.7 Å². The Morgan fingerprint density at radius 1 is 1.04 bits per heavy atom. The average Bonchev–Trinajstić information content (AvgIpc) is 2.62. The van der Waals surface area contributed by atoms with Crippen molar-refractivity contribution < 1.29 is 18.3 Å². The van der Waals surface area contributed by atoms with Crippen molar-refractivity contribution in [2.45, 2.75) is 18.9 Å². The number of nitrogens with zero attached hydrogens (tertiary/aromatic N) is 1. The van der Waals surface area contributed by atoms with E-state index in [4.69, 9.17) is 4.74 Å². The van der Waals surface area contributed by atoms with E-state index in [2.05, 4.69) is 0 Å². The lowest BCUT2D eigenvalue weighted by Gasteiger charge is -2.33. The second-order valence-corrected chi connectivity index (χ2v) is 5.88. The Balaban J connectivity index is 1.56. The summed E-state index contributed by atoms with van der Waals surface area (Å²) in [6.45, 7) is 1.48. The Bertz CT molecular complexity index is 686. The van der Waals surface area contributed by atoms with Gasteiger partial charge in [-0.25, -0.2) is 8.78 Å². The summed E-state index contributed by atoms with van der Waals surface area (Å²) in [4.78, 5) is 14.2. The zero-order chi connectivity index (χ0) is 16.9. The first-order valence-electron chi connectivity index (χ1n) is 8.01. The van der Waals surface area contributed by atoms with E-state index >= 15 is 0 Å². The lowest BCUT2D eigenvalue weighted by atomic mass is 10.1. The minimum absolute atomic E-state index is 0.0507. The number of hydrogen-bond acceptors (Lipinski definition) is 2. The molecule has 0 bridgehead atoms. The molecule has 24 heavy (non-hydrogen) atoms. The summed E-state index contributed by atoms with van der Waals surface area (Å²) < 4.78 is 31.6. The molecule has 1 unspecified atom stereocenters. The van der Waals surface area contributed by atoms with Crippen LogP contribution in [0.4, 0.5) is 8.78 Å². The largest absolute Gasteiger partial charge is 0.370 e. The molecule has 1 saturated heterocycles. The van der Waals surface area contributed by atoms with Crippen LogP contribution in [-0.4, -0.2) is 30.5 Å². The third-order valence-corrected chi connectivity index (χ3v) is 4.20. The topological polar surface area (TPSA) is 29.5 Å². The SMILES string of the molecule is O=C(CCc1ccc(F)cc1)N1CCOC(c2ccc(F)cc2)C1. The van der Waals surface area contributed by atoms with Gasteiger partial charge in [0.25, 0.3) is 0 Å². The molecule has 0 N–H and O–H groups in total. The van der Waals surface area contributed by atoms with Crippen LogP contribution in [0.1, 0.15) is 23.7 Å². The van der Waals surface area contributed by atoms with Gasteiger partial charge in [-0.15, -0.1) is 0 Å². The van der Waals surface area contributed by atoms with Gasteiger partial charge in [-0.3, -0.25) is 4.79 Å². The highest BCUT2D eigenvalue weighted by atomic mass is 19.1. The van der Waals surface area contributed by atoms with Crippen LogP contribution >= 0.6 is 0 Å². The van der Waals surface area contributed by atoms with Gasteiger partial charge in [0.1, 0.15) is 17.7 Å². The van der Waals surface area contributed by atoms with Crippen molar-refractivity contribution in [2.24, 2.45) is 0 Å². The van der Waals surface area contributed by atoms with Gasteiger partial charge >= 0.3 is 0 Å². The lowest BCUT2D eigenvalue weighted by Crippen LogP contribution is -2.42. The van der Waals surface area contributed by atoms with Crippen LogP contribution in [0.3, 0.4) is 0 Å². The lowest BCUT2D eigenvalue weighted by molar-refractivity contribution is -0.139. The minimum Gasteiger partial charge on any atom is -0.370 e. The van der Waals surface area contributed by atoms with Crippen molar-refractivity contribution in [3.8, 4) is 0 Å². The highest BCUT2D eigenvalue weighted by Crippen LogP contribution is 2.23. The first-order chi connectivity index (χ1) is 11.6. The summed E-state index contributed by atoms with van der Waals surface area (Å²) in [6.07, 6.45) is 0.730. The summed E-state index contributed by atoms with van der Waals surface area (Å²) >= 11 is 0. The quantitative estimate of drug-likeness (QED) is 0.858. The molecular formula is C19H19F2NO2. The van der Waals surface area contributed by atoms with E-state index in [9.17, 15) is 13.6 Å². The first-order valence-corrected chi connectivity index (χ1v) is 8.01. The van der Waals surface area contributed by atoms with E-state index in [0.717, 1.165) is 11.1 Å². The maximum atomic E-state index is 13.0. The maximum Gasteiger partial charge on any atom is 0.223 e. The predicted molar refractivity (Wildman–Crippen MR) is 86.4 cm³/mol. The number of ether oxygens (including phenoxy) is 1. The van der Waals surface area contributed by atoms with Crippen LogP contribution in [0, 0.1) is 11.6 Å². The molecule has 1 amide bonds. The Morgan fingerprint density at radius 3 is 2.33 bits per heavy atom. The molecule has 0 spiro atoms. The zero-order valence-corrected chi connectivity index (χ0v) is 13.3. The van der Waals surface area contributed by atoms with Crippen molar-refractivity contribution >= 4 is 5.91 Å². The van der Waals surface area contributed by atoms with Gasteiger partial charge in [-0.1, -0.05) is 24.3 Å². The smallest absolute Gasteiger partial charge is 0.223 e. The average molecular weight is 331 g/mol. The molecule has 0 saturated carbocycles. The summed E-state index contributed by atoms with van der Waals surface area (Å²) in [7, 11) is 0. The standard InChI is InChI=1S/C19H19F2NO2/c20-16-6-1-14(2-7-16)3-10-19(23)22-11-12-24-18(13-22)15-4-8-17(21)9-5-15/h1-2,4-9,18H,3,10-13H2. The molecule has 5 heteroatoms. The fourth-order valence-corrected chi connectivity index (χ4v) is 2.82. The normalized spacial score (nSPS) is 17.8. The number of aryl methyl sites for hydroxylation is 1. The van der Waals surface area contributed by atoms with Crippen LogP contribution in [-0.2, 0) is 16.0 Å². The first kappa shape index (κ1) is 16.6. The molecule has 3 nitrogen and oxygen atoms in total. The molecule has 126 valence electrons. The molecule has 1 heterocycles. The van der Waals surface area contributed by atoms with Gasteiger partial charge in [0, 0.05) is 13.0 Å². The van der Waals surface area contributed by atoms with Crippen LogP contribution in [0.15, 0.2) is 48.5 Å². The fraction of sp³-hybridized carbons (Fsp3) is 0.316. The Hall–Kier alpha value is -2.27. The van der Waals surface area contributed by atoms with E-state index in [1.165, 1.54) is 24.3 Å². The number of hydrogen-bond donors (Lipinski definition) is 0. The molecule has 1 atom stereocenters. The van der Waals surface area contributed by atoms with Crippen molar-refractivity contribution in [3.63, 3.8) is 0 Å². The highest BCUT2D eigenvalue weighted by molar-refractivity contribution is 5.76. The number of rotatable bonds is 4. The van der Waals surface area contributed by atoms with Crippen molar-refractivity contribution in [1.82, 2.24) is 4.90 Å². The molecule has 2 aromatic carbocycles. The monoisotopic (exact) mass is 331 g/mol. The number of halogens is 2. The third-order valence-electron chi connectivity index (χ3n) is 4.20. The van der Waals surface area contributed by atoms with Gasteiger partial charge in [-0.05, 0) is 41.8 Å². The molecule has 0 aromatic heterocycles. The number of carbonyl (C=O) groups is 1. The minimum atomic E-state index is -0.290. The van der Waals surface area contributed by atoms with Gasteiger partial charge < -0.3 is 9.64 Å². The van der Waals surface area contributed by atoms with E-state index in [0.29, 0.717) is 32.5 Å². The Morgan fingerprint density at radius 2 is 1.67 bits per heavy atom. The molecule has 1 fully saturated rings. The van der Waals surface area contributed by atoms with Crippen LogP contribution in [0.25, 0.3) is 0 Å². The van der Waals surface area contributed by atoms with E-state index in [1.807, 2.05) is 0 Å². The summed E-state index contributed by atoms with van der Waals surface area (Å²) in [6, 6.07) is 12.4. The molecule has 0 radical (unpaired) electrons. The number of benzene rings is 2. The maximum absolute atomic E-state index is 13.0. The van der Waals surface area contributed by atoms with E-state index in [-0.39, 0.29) is 23.6 Å². The molecule has 3 rings (SSSR count).